The lowest BCUT2D eigenvalue weighted by atomic mass is 9.66. The van der Waals surface area contributed by atoms with Gasteiger partial charge in [-0.05, 0) is 135 Å². The lowest BCUT2D eigenvalue weighted by molar-refractivity contribution is 0.350. The maximum atomic E-state index is 6.84. The summed E-state index contributed by atoms with van der Waals surface area (Å²) in [5.41, 5.74) is 23.7. The molecule has 10 aromatic rings. The van der Waals surface area contributed by atoms with Crippen molar-refractivity contribution in [1.29, 1.82) is 0 Å². The van der Waals surface area contributed by atoms with Gasteiger partial charge >= 0.3 is 0 Å². The molecule has 0 N–H and O–H groups in total. The van der Waals surface area contributed by atoms with E-state index in [0.29, 0.717) is 5.82 Å². The molecule has 4 aliphatic carbocycles. The molecule has 2 saturated carbocycles. The molecule has 322 valence electrons. The Morgan fingerprint density at radius 1 is 0.328 bits per heavy atom. The van der Waals surface area contributed by atoms with E-state index in [1.54, 1.807) is 16.7 Å². The van der Waals surface area contributed by atoms with Gasteiger partial charge in [0.25, 0.3) is 0 Å². The van der Waals surface area contributed by atoms with E-state index in [1.165, 1.54) is 114 Å². The van der Waals surface area contributed by atoms with Crippen LogP contribution in [0.3, 0.4) is 0 Å². The number of para-hydroxylation sites is 1. The Morgan fingerprint density at radius 2 is 0.866 bits per heavy atom. The van der Waals surface area contributed by atoms with Gasteiger partial charge in [0, 0.05) is 38.3 Å². The first-order valence-electron chi connectivity index (χ1n) is 24.6. The maximum Gasteiger partial charge on any atom is 0.160 e. The summed E-state index contributed by atoms with van der Waals surface area (Å²) < 4.78 is 6.84. The van der Waals surface area contributed by atoms with Gasteiger partial charge in [0.1, 0.15) is 11.2 Å². The predicted molar refractivity (Wildman–Crippen MR) is 275 cm³/mol. The van der Waals surface area contributed by atoms with E-state index >= 15 is 0 Å². The Labute approximate surface area is 392 Å². The summed E-state index contributed by atoms with van der Waals surface area (Å²) in [5, 5.41) is 2.21. The summed E-state index contributed by atoms with van der Waals surface area (Å²) in [6.45, 7) is 0. The van der Waals surface area contributed by atoms with Gasteiger partial charge in [0.15, 0.2) is 5.82 Å². The molecule has 3 nitrogen and oxygen atoms in total. The highest BCUT2D eigenvalue weighted by Crippen LogP contribution is 2.62. The Balaban J connectivity index is 0.870. The third-order valence-corrected chi connectivity index (χ3v) is 16.3. The van der Waals surface area contributed by atoms with Crippen molar-refractivity contribution in [3.8, 4) is 78.4 Å². The summed E-state index contributed by atoms with van der Waals surface area (Å²) in [5.74, 6) is 0.688. The topological polar surface area (TPSA) is 38.9 Å². The van der Waals surface area contributed by atoms with E-state index in [0.717, 1.165) is 50.0 Å². The van der Waals surface area contributed by atoms with Gasteiger partial charge < -0.3 is 4.42 Å². The zero-order valence-corrected chi connectivity index (χ0v) is 37.7. The van der Waals surface area contributed by atoms with Crippen molar-refractivity contribution in [2.45, 2.75) is 75.0 Å². The smallest absolute Gasteiger partial charge is 0.160 e. The largest absolute Gasteiger partial charge is 0.455 e. The molecule has 2 heterocycles. The minimum atomic E-state index is 0.0471. The van der Waals surface area contributed by atoms with Gasteiger partial charge in [-0.3, -0.25) is 0 Å². The van der Waals surface area contributed by atoms with Gasteiger partial charge in [0.05, 0.1) is 11.4 Å². The fourth-order valence-electron chi connectivity index (χ4n) is 13.1. The van der Waals surface area contributed by atoms with Crippen molar-refractivity contribution in [2.24, 2.45) is 0 Å². The van der Waals surface area contributed by atoms with Gasteiger partial charge in [-0.25, -0.2) is 9.97 Å². The molecule has 2 fully saturated rings. The van der Waals surface area contributed by atoms with Crippen LogP contribution in [0.2, 0.25) is 0 Å². The highest BCUT2D eigenvalue weighted by atomic mass is 16.3. The average molecular weight is 863 g/mol. The second kappa shape index (κ2) is 15.1. The first-order chi connectivity index (χ1) is 33.1. The minimum Gasteiger partial charge on any atom is -0.455 e. The monoisotopic (exact) mass is 862 g/mol. The van der Waals surface area contributed by atoms with Crippen LogP contribution >= 0.6 is 0 Å². The van der Waals surface area contributed by atoms with Crippen LogP contribution in [0.4, 0.5) is 0 Å². The van der Waals surface area contributed by atoms with E-state index in [9.17, 15) is 0 Å². The van der Waals surface area contributed by atoms with Crippen LogP contribution in [0, 0.1) is 0 Å². The van der Waals surface area contributed by atoms with Crippen molar-refractivity contribution >= 4 is 21.9 Å². The molecule has 3 heteroatoms. The summed E-state index contributed by atoms with van der Waals surface area (Å²) in [6.07, 6.45) is 12.8. The molecule has 0 amide bonds. The molecule has 0 unspecified atom stereocenters. The maximum absolute atomic E-state index is 6.84. The second-order valence-electron chi connectivity index (χ2n) is 19.8. The van der Waals surface area contributed by atoms with E-state index in [1.807, 2.05) is 18.2 Å². The second-order valence-corrected chi connectivity index (χ2v) is 19.8. The van der Waals surface area contributed by atoms with Crippen LogP contribution in [0.15, 0.2) is 186 Å². The quantitative estimate of drug-likeness (QED) is 0.173. The Hall–Kier alpha value is -7.36. The van der Waals surface area contributed by atoms with Crippen LogP contribution < -0.4 is 0 Å². The van der Waals surface area contributed by atoms with Crippen LogP contribution in [-0.4, -0.2) is 9.97 Å². The zero-order valence-electron chi connectivity index (χ0n) is 37.7. The van der Waals surface area contributed by atoms with Crippen molar-refractivity contribution in [3.05, 3.63) is 204 Å². The number of hydrogen-bond acceptors (Lipinski definition) is 3. The molecule has 0 radical (unpaired) electrons. The minimum absolute atomic E-state index is 0.0471. The van der Waals surface area contributed by atoms with Crippen molar-refractivity contribution < 1.29 is 4.42 Å². The Morgan fingerprint density at radius 3 is 1.60 bits per heavy atom. The molecular weight excluding hydrogens is 813 g/mol. The fraction of sp³-hybridized carbons (Fsp3) is 0.188. The van der Waals surface area contributed by atoms with Gasteiger partial charge in [-0.1, -0.05) is 178 Å². The number of aromatic nitrogens is 2. The third kappa shape index (κ3) is 5.96. The molecule has 0 atom stereocenters. The van der Waals surface area contributed by atoms with Gasteiger partial charge in [-0.15, -0.1) is 0 Å². The van der Waals surface area contributed by atoms with E-state index in [2.05, 4.69) is 164 Å². The number of furan rings is 1. The summed E-state index contributed by atoms with van der Waals surface area (Å²) in [6, 6.07) is 67.1. The first kappa shape index (κ1) is 38.9. The van der Waals surface area contributed by atoms with Crippen LogP contribution in [0.1, 0.15) is 86.5 Å². The third-order valence-electron chi connectivity index (χ3n) is 16.3. The normalized spacial score (nSPS) is 16.3. The lowest BCUT2D eigenvalue weighted by Crippen LogP contribution is -2.29. The molecule has 0 saturated heterocycles. The van der Waals surface area contributed by atoms with Crippen LogP contribution in [0.5, 0.6) is 0 Å². The van der Waals surface area contributed by atoms with Crippen LogP contribution in [-0.2, 0) is 10.8 Å². The van der Waals surface area contributed by atoms with Crippen molar-refractivity contribution in [2.75, 3.05) is 0 Å². The lowest BCUT2D eigenvalue weighted by Gasteiger charge is -2.37. The summed E-state index contributed by atoms with van der Waals surface area (Å²) in [7, 11) is 0. The number of benzene rings is 8. The number of fused-ring (bicyclic) bond motifs is 13. The van der Waals surface area contributed by atoms with E-state index < -0.39 is 0 Å². The summed E-state index contributed by atoms with van der Waals surface area (Å²) >= 11 is 0. The Bertz CT molecular complexity index is 3570. The molecule has 8 aromatic carbocycles. The molecule has 2 spiro atoms. The van der Waals surface area contributed by atoms with Crippen LogP contribution in [0.25, 0.3) is 100 Å². The standard InChI is InChI=1S/C64H50N2O/c1-5-16-41(17-6-1)42-24-26-43(27-25-42)58-40-59(66-62(65-58)44-18-7-2-8-19-44)50-22-15-21-49-53-36-45(29-31-60(53)67-61(49)50)46-28-30-48-52-39-56-51(38-57(52)64(55(48)37-46)34-13-4-14-35-64)47-20-9-10-23-54(47)63(56)32-11-3-12-33-63/h1-2,5-10,15-31,36-40H,3-4,11-14,32-35H2. The van der Waals surface area contributed by atoms with Crippen molar-refractivity contribution in [1.82, 2.24) is 9.97 Å². The Kier molecular flexibility index (Phi) is 8.75. The van der Waals surface area contributed by atoms with E-state index in [4.69, 9.17) is 14.4 Å². The molecule has 14 rings (SSSR count). The van der Waals surface area contributed by atoms with E-state index in [-0.39, 0.29) is 10.8 Å². The SMILES string of the molecule is c1ccc(-c2ccc(-c3cc(-c4cccc5c4oc4ccc(-c6ccc7c(c6)C6(CCCCC6)c6cc8c(cc6-7)C6(CCCCC6)c6ccccc6-8)cc45)nc(-c4ccccc4)n3)cc2)cc1. The number of nitrogens with zero attached hydrogens (tertiary/aromatic N) is 2. The predicted octanol–water partition coefficient (Wildman–Crippen LogP) is 17.2. The average Bonchev–Trinajstić information content (AvgIpc) is 4.00. The molecular formula is C64H50N2O. The van der Waals surface area contributed by atoms with Gasteiger partial charge in [-0.2, -0.15) is 0 Å². The number of rotatable bonds is 5. The zero-order chi connectivity index (χ0) is 44.1. The highest BCUT2D eigenvalue weighted by molar-refractivity contribution is 6.10. The number of hydrogen-bond donors (Lipinski definition) is 0. The molecule has 67 heavy (non-hydrogen) atoms. The molecule has 4 aliphatic rings. The molecule has 0 bridgehead atoms. The van der Waals surface area contributed by atoms with Crippen molar-refractivity contribution in [3.63, 3.8) is 0 Å². The first-order valence-corrected chi connectivity index (χ1v) is 24.6. The highest BCUT2D eigenvalue weighted by Gasteiger charge is 2.49. The fourth-order valence-corrected chi connectivity index (χ4v) is 13.1. The molecule has 0 aliphatic heterocycles. The summed E-state index contributed by atoms with van der Waals surface area (Å²) in [4.78, 5) is 10.4. The van der Waals surface area contributed by atoms with Gasteiger partial charge in [0.2, 0.25) is 0 Å². The molecule has 2 aromatic heterocycles.